The summed E-state index contributed by atoms with van der Waals surface area (Å²) in [6.45, 7) is 5.56. The van der Waals surface area contributed by atoms with Crippen LogP contribution in [-0.4, -0.2) is 11.8 Å². The van der Waals surface area contributed by atoms with Gasteiger partial charge in [-0.05, 0) is 61.7 Å². The lowest BCUT2D eigenvalue weighted by Crippen LogP contribution is -2.32. The first-order valence-electron chi connectivity index (χ1n) is 9.87. The minimum absolute atomic E-state index is 0.0389. The monoisotopic (exact) mass is 452 g/mol. The summed E-state index contributed by atoms with van der Waals surface area (Å²) in [7, 11) is 0. The molecule has 0 radical (unpaired) electrons. The van der Waals surface area contributed by atoms with Crippen molar-refractivity contribution < 1.29 is 18.4 Å². The van der Waals surface area contributed by atoms with Crippen LogP contribution in [0, 0.1) is 32.4 Å². The molecule has 1 heterocycles. The fraction of sp³-hybridized carbons (Fsp3) is 0.120. The minimum atomic E-state index is -1.15. The number of nitrogens with zero attached hydrogens (tertiary/aromatic N) is 1. The first-order valence-corrected chi connectivity index (χ1v) is 10.2. The number of anilines is 2. The van der Waals surface area contributed by atoms with Gasteiger partial charge in [-0.1, -0.05) is 41.4 Å². The number of hydrogen-bond acceptors (Lipinski definition) is 3. The lowest BCUT2D eigenvalue weighted by molar-refractivity contribution is -0.120. The Morgan fingerprint density at radius 1 is 0.875 bits per heavy atom. The molecule has 1 aliphatic heterocycles. The van der Waals surface area contributed by atoms with E-state index >= 15 is 0 Å². The van der Waals surface area contributed by atoms with Gasteiger partial charge in [0, 0.05) is 16.8 Å². The Balaban J connectivity index is 1.89. The molecule has 0 aromatic heterocycles. The molecule has 0 atom stereocenters. The number of nitrogens with one attached hydrogen (secondary N) is 1. The number of benzene rings is 3. The third kappa shape index (κ3) is 3.67. The number of rotatable bonds is 4. The normalized spacial score (nSPS) is 13.9. The molecular formula is C25H19ClF2N2O2. The van der Waals surface area contributed by atoms with E-state index in [4.69, 9.17) is 11.6 Å². The predicted molar refractivity (Wildman–Crippen MR) is 121 cm³/mol. The van der Waals surface area contributed by atoms with Gasteiger partial charge in [-0.3, -0.25) is 9.59 Å². The minimum Gasteiger partial charge on any atom is -0.350 e. The Morgan fingerprint density at radius 3 is 2.31 bits per heavy atom. The van der Waals surface area contributed by atoms with Gasteiger partial charge in [0.1, 0.15) is 5.70 Å². The van der Waals surface area contributed by atoms with Crippen molar-refractivity contribution in [1.82, 2.24) is 0 Å². The molecule has 1 aliphatic rings. The molecular weight excluding hydrogens is 434 g/mol. The molecule has 0 unspecified atom stereocenters. The number of amides is 2. The molecule has 0 aliphatic carbocycles. The van der Waals surface area contributed by atoms with E-state index in [1.54, 1.807) is 31.2 Å². The van der Waals surface area contributed by atoms with Gasteiger partial charge in [0.2, 0.25) is 0 Å². The fourth-order valence-corrected chi connectivity index (χ4v) is 3.90. The number of carbonyl (C=O) groups excluding carboxylic acids is 2. The molecule has 3 aromatic carbocycles. The zero-order chi connectivity index (χ0) is 23.2. The second kappa shape index (κ2) is 8.20. The maximum absolute atomic E-state index is 13.9. The zero-order valence-corrected chi connectivity index (χ0v) is 18.3. The highest BCUT2D eigenvalue weighted by molar-refractivity contribution is 6.46. The van der Waals surface area contributed by atoms with E-state index < -0.39 is 23.4 Å². The predicted octanol–water partition coefficient (Wildman–Crippen LogP) is 5.94. The van der Waals surface area contributed by atoms with Crippen LogP contribution in [-0.2, 0) is 9.59 Å². The van der Waals surface area contributed by atoms with E-state index in [1.165, 1.54) is 6.07 Å². The van der Waals surface area contributed by atoms with E-state index in [1.807, 2.05) is 26.0 Å². The highest BCUT2D eigenvalue weighted by atomic mass is 35.5. The summed E-state index contributed by atoms with van der Waals surface area (Å²) in [5.41, 5.74) is 3.77. The summed E-state index contributed by atoms with van der Waals surface area (Å²) >= 11 is 6.22. The Hall–Kier alpha value is -3.51. The Bertz CT molecular complexity index is 1320. The molecule has 0 fully saturated rings. The topological polar surface area (TPSA) is 49.4 Å². The molecule has 0 spiro atoms. The smallest absolute Gasteiger partial charge is 0.282 e. The fourth-order valence-electron chi connectivity index (χ4n) is 3.73. The highest BCUT2D eigenvalue weighted by Gasteiger charge is 2.41. The Labute approximate surface area is 189 Å². The van der Waals surface area contributed by atoms with Gasteiger partial charge in [-0.25, -0.2) is 13.7 Å². The number of imide groups is 1. The summed E-state index contributed by atoms with van der Waals surface area (Å²) < 4.78 is 27.3. The highest BCUT2D eigenvalue weighted by Crippen LogP contribution is 2.36. The molecule has 1 N–H and O–H groups in total. The second-order valence-corrected chi connectivity index (χ2v) is 8.06. The van der Waals surface area contributed by atoms with Crippen molar-refractivity contribution >= 4 is 40.4 Å². The molecule has 0 saturated carbocycles. The van der Waals surface area contributed by atoms with Crippen LogP contribution in [0.25, 0.3) is 5.57 Å². The average Bonchev–Trinajstić information content (AvgIpc) is 2.97. The summed E-state index contributed by atoms with van der Waals surface area (Å²) in [5, 5.41) is 3.56. The number of aryl methyl sites for hydroxylation is 2. The van der Waals surface area contributed by atoms with Crippen molar-refractivity contribution in [3.05, 3.63) is 99.2 Å². The Morgan fingerprint density at radius 2 is 1.62 bits per heavy atom. The van der Waals surface area contributed by atoms with Crippen LogP contribution in [0.2, 0.25) is 5.02 Å². The van der Waals surface area contributed by atoms with Crippen LogP contribution >= 0.6 is 11.6 Å². The summed E-state index contributed by atoms with van der Waals surface area (Å²) in [6.07, 6.45) is 0. The zero-order valence-electron chi connectivity index (χ0n) is 17.6. The second-order valence-electron chi connectivity index (χ2n) is 7.65. The molecule has 32 heavy (non-hydrogen) atoms. The van der Waals surface area contributed by atoms with Gasteiger partial charge in [-0.15, -0.1) is 0 Å². The van der Waals surface area contributed by atoms with E-state index in [2.05, 4.69) is 5.32 Å². The van der Waals surface area contributed by atoms with Crippen LogP contribution in [0.4, 0.5) is 20.2 Å². The van der Waals surface area contributed by atoms with E-state index in [-0.39, 0.29) is 17.0 Å². The van der Waals surface area contributed by atoms with Crippen molar-refractivity contribution in [2.24, 2.45) is 0 Å². The molecule has 0 bridgehead atoms. The van der Waals surface area contributed by atoms with Gasteiger partial charge in [-0.2, -0.15) is 0 Å². The van der Waals surface area contributed by atoms with Crippen LogP contribution in [0.15, 0.2) is 60.3 Å². The summed E-state index contributed by atoms with van der Waals surface area (Å²) in [5.74, 6) is -3.52. The van der Waals surface area contributed by atoms with Crippen LogP contribution in [0.1, 0.15) is 22.3 Å². The van der Waals surface area contributed by atoms with E-state index in [0.29, 0.717) is 21.8 Å². The lowest BCUT2D eigenvalue weighted by atomic mass is 9.97. The van der Waals surface area contributed by atoms with Crippen LogP contribution < -0.4 is 10.2 Å². The number of hydrogen-bond donors (Lipinski definition) is 1. The van der Waals surface area contributed by atoms with Gasteiger partial charge >= 0.3 is 0 Å². The largest absolute Gasteiger partial charge is 0.350 e. The van der Waals surface area contributed by atoms with E-state index in [0.717, 1.165) is 28.2 Å². The van der Waals surface area contributed by atoms with E-state index in [9.17, 15) is 18.4 Å². The average molecular weight is 453 g/mol. The van der Waals surface area contributed by atoms with Crippen molar-refractivity contribution in [3.8, 4) is 0 Å². The van der Waals surface area contributed by atoms with Gasteiger partial charge < -0.3 is 5.32 Å². The maximum Gasteiger partial charge on any atom is 0.282 e. The standard InChI is InChI=1S/C25H19ClF2N2O2/c1-13-7-9-17(14(2)11-13)22-23(29-21-6-4-5-18(26)15(21)3)25(32)30(24(22)31)16-8-10-19(27)20(28)12-16/h4-12,29H,1-3H3. The molecule has 4 nitrogen and oxygen atoms in total. The van der Waals surface area contributed by atoms with Crippen molar-refractivity contribution in [1.29, 1.82) is 0 Å². The molecule has 2 amide bonds. The number of halogens is 3. The van der Waals surface area contributed by atoms with Crippen molar-refractivity contribution in [2.75, 3.05) is 10.2 Å². The Kier molecular flexibility index (Phi) is 5.57. The first kappa shape index (κ1) is 21.7. The molecule has 4 rings (SSSR count). The van der Waals surface area contributed by atoms with Crippen LogP contribution in [0.3, 0.4) is 0 Å². The molecule has 162 valence electrons. The van der Waals surface area contributed by atoms with Crippen molar-refractivity contribution in [3.63, 3.8) is 0 Å². The maximum atomic E-state index is 13.9. The van der Waals surface area contributed by atoms with Crippen molar-refractivity contribution in [2.45, 2.75) is 20.8 Å². The lowest BCUT2D eigenvalue weighted by Gasteiger charge is -2.16. The third-order valence-corrected chi connectivity index (χ3v) is 5.83. The molecule has 3 aromatic rings. The molecule has 0 saturated heterocycles. The summed E-state index contributed by atoms with van der Waals surface area (Å²) in [4.78, 5) is 27.7. The van der Waals surface area contributed by atoms with Gasteiger partial charge in [0.05, 0.1) is 11.3 Å². The van der Waals surface area contributed by atoms with Gasteiger partial charge in [0.15, 0.2) is 11.6 Å². The first-order chi connectivity index (χ1) is 15.2. The third-order valence-electron chi connectivity index (χ3n) is 5.42. The summed E-state index contributed by atoms with van der Waals surface area (Å²) in [6, 6.07) is 13.6. The number of carbonyl (C=O) groups is 2. The van der Waals surface area contributed by atoms with Crippen LogP contribution in [0.5, 0.6) is 0 Å². The SMILES string of the molecule is Cc1ccc(C2=C(Nc3cccc(Cl)c3C)C(=O)N(c3ccc(F)c(F)c3)C2=O)c(C)c1. The van der Waals surface area contributed by atoms with Gasteiger partial charge in [0.25, 0.3) is 11.8 Å². The molecule has 7 heteroatoms. The quantitative estimate of drug-likeness (QED) is 0.498.